The Labute approximate surface area is 110 Å². The van der Waals surface area contributed by atoms with Gasteiger partial charge in [0, 0.05) is 11.7 Å². The average molecular weight is 244 g/mol. The van der Waals surface area contributed by atoms with Gasteiger partial charge in [0.15, 0.2) is 0 Å². The van der Waals surface area contributed by atoms with Crippen LogP contribution >= 0.6 is 0 Å². The molecule has 1 aromatic carbocycles. The maximum Gasteiger partial charge on any atom is 0.0314 e. The van der Waals surface area contributed by atoms with Crippen LogP contribution < -0.4 is 11.5 Å². The van der Waals surface area contributed by atoms with Crippen molar-refractivity contribution in [1.29, 1.82) is 0 Å². The molecule has 2 nitrogen and oxygen atoms in total. The molecule has 0 radical (unpaired) electrons. The second-order valence-corrected chi connectivity index (χ2v) is 6.76. The first kappa shape index (κ1) is 13.2. The maximum absolute atomic E-state index is 6.39. The molecule has 0 spiro atoms. The Hall–Kier alpha value is -1.28. The summed E-state index contributed by atoms with van der Waals surface area (Å²) in [5.41, 5.74) is 15.7. The minimum atomic E-state index is 0.0263. The van der Waals surface area contributed by atoms with Crippen LogP contribution in [0.1, 0.15) is 39.7 Å². The molecule has 18 heavy (non-hydrogen) atoms. The maximum atomic E-state index is 6.39. The smallest absolute Gasteiger partial charge is 0.0314 e. The van der Waals surface area contributed by atoms with Crippen LogP contribution in [0.25, 0.3) is 5.57 Å². The Bertz CT molecular complexity index is 466. The van der Waals surface area contributed by atoms with Crippen molar-refractivity contribution in [2.75, 3.05) is 5.73 Å². The first-order chi connectivity index (χ1) is 8.22. The summed E-state index contributed by atoms with van der Waals surface area (Å²) >= 11 is 0. The largest absolute Gasteiger partial charge is 0.399 e. The summed E-state index contributed by atoms with van der Waals surface area (Å²) in [7, 11) is 0. The van der Waals surface area contributed by atoms with Crippen molar-refractivity contribution in [3.05, 3.63) is 35.9 Å². The lowest BCUT2D eigenvalue weighted by molar-refractivity contribution is 0.176. The van der Waals surface area contributed by atoms with E-state index in [1.165, 1.54) is 11.1 Å². The highest BCUT2D eigenvalue weighted by atomic mass is 14.7. The zero-order valence-electron chi connectivity index (χ0n) is 11.8. The highest BCUT2D eigenvalue weighted by Gasteiger charge is 2.41. The molecule has 0 aliphatic heterocycles. The van der Waals surface area contributed by atoms with Crippen LogP contribution in [0.3, 0.4) is 0 Å². The van der Waals surface area contributed by atoms with Crippen LogP contribution in [0, 0.1) is 10.8 Å². The first-order valence-electron chi connectivity index (χ1n) is 6.56. The molecule has 0 saturated carbocycles. The van der Waals surface area contributed by atoms with Crippen molar-refractivity contribution < 1.29 is 0 Å². The molecule has 0 bridgehead atoms. The molecule has 0 aromatic heterocycles. The van der Waals surface area contributed by atoms with Crippen molar-refractivity contribution in [1.82, 2.24) is 0 Å². The highest BCUT2D eigenvalue weighted by Crippen LogP contribution is 2.46. The molecule has 98 valence electrons. The molecule has 2 rings (SSSR count). The summed E-state index contributed by atoms with van der Waals surface area (Å²) in [6.07, 6.45) is 3.34. The summed E-state index contributed by atoms with van der Waals surface area (Å²) in [5.74, 6) is 0. The van der Waals surface area contributed by atoms with Gasteiger partial charge >= 0.3 is 0 Å². The standard InChI is InChI=1S/C16H24N2/c1-15(2)9-12(10-16(3,4)14(15)18)11-5-7-13(17)8-6-11/h5-9,14H,10,17-18H2,1-4H3. The number of hydrogen-bond acceptors (Lipinski definition) is 2. The second kappa shape index (κ2) is 4.13. The third-order valence-corrected chi connectivity index (χ3v) is 4.12. The SMILES string of the molecule is CC1(C)C=C(c2ccc(N)cc2)CC(C)(C)C1N. The predicted octanol–water partition coefficient (Wildman–Crippen LogP) is 3.44. The van der Waals surface area contributed by atoms with Gasteiger partial charge in [0.1, 0.15) is 0 Å². The van der Waals surface area contributed by atoms with Gasteiger partial charge in [0.25, 0.3) is 0 Å². The average Bonchev–Trinajstić information content (AvgIpc) is 2.26. The topological polar surface area (TPSA) is 52.0 Å². The molecular formula is C16H24N2. The molecule has 0 heterocycles. The summed E-state index contributed by atoms with van der Waals surface area (Å²) in [6, 6.07) is 8.31. The van der Waals surface area contributed by atoms with Gasteiger partial charge in [-0.1, -0.05) is 45.9 Å². The number of nitrogen functional groups attached to an aromatic ring is 1. The van der Waals surface area contributed by atoms with Gasteiger partial charge < -0.3 is 11.5 Å². The number of hydrogen-bond donors (Lipinski definition) is 2. The molecule has 1 aromatic rings. The Kier molecular flexibility index (Phi) is 3.02. The minimum Gasteiger partial charge on any atom is -0.399 e. The van der Waals surface area contributed by atoms with E-state index in [0.29, 0.717) is 0 Å². The van der Waals surface area contributed by atoms with E-state index < -0.39 is 0 Å². The van der Waals surface area contributed by atoms with Crippen LogP contribution in [0.2, 0.25) is 0 Å². The molecule has 0 fully saturated rings. The van der Waals surface area contributed by atoms with Crippen molar-refractivity contribution in [3.8, 4) is 0 Å². The second-order valence-electron chi connectivity index (χ2n) is 6.76. The summed E-state index contributed by atoms with van der Waals surface area (Å²) in [5, 5.41) is 0. The van der Waals surface area contributed by atoms with E-state index in [1.54, 1.807) is 0 Å². The van der Waals surface area contributed by atoms with Crippen molar-refractivity contribution in [3.63, 3.8) is 0 Å². The lowest BCUT2D eigenvalue weighted by Gasteiger charge is -2.46. The first-order valence-corrected chi connectivity index (χ1v) is 6.56. The van der Waals surface area contributed by atoms with Gasteiger partial charge in [-0.2, -0.15) is 0 Å². The normalized spacial score (nSPS) is 25.6. The summed E-state index contributed by atoms with van der Waals surface area (Å²) in [6.45, 7) is 8.94. The molecule has 0 saturated heterocycles. The fourth-order valence-electron chi connectivity index (χ4n) is 3.08. The predicted molar refractivity (Wildman–Crippen MR) is 79.0 cm³/mol. The van der Waals surface area contributed by atoms with Crippen LogP contribution in [-0.4, -0.2) is 6.04 Å². The fraction of sp³-hybridized carbons (Fsp3) is 0.500. The van der Waals surface area contributed by atoms with E-state index in [4.69, 9.17) is 11.5 Å². The number of anilines is 1. The quantitative estimate of drug-likeness (QED) is 0.744. The number of rotatable bonds is 1. The van der Waals surface area contributed by atoms with Crippen LogP contribution in [0.4, 0.5) is 5.69 Å². The van der Waals surface area contributed by atoms with E-state index in [0.717, 1.165) is 12.1 Å². The highest BCUT2D eigenvalue weighted by molar-refractivity contribution is 5.69. The van der Waals surface area contributed by atoms with E-state index in [2.05, 4.69) is 45.9 Å². The van der Waals surface area contributed by atoms with E-state index in [9.17, 15) is 0 Å². The Morgan fingerprint density at radius 3 is 2.11 bits per heavy atom. The number of allylic oxidation sites excluding steroid dienone is 1. The Morgan fingerprint density at radius 1 is 1.06 bits per heavy atom. The molecule has 1 atom stereocenters. The third kappa shape index (κ3) is 2.30. The van der Waals surface area contributed by atoms with Gasteiger partial charge in [-0.25, -0.2) is 0 Å². The van der Waals surface area contributed by atoms with Crippen molar-refractivity contribution in [2.24, 2.45) is 16.6 Å². The van der Waals surface area contributed by atoms with Crippen LogP contribution in [0.5, 0.6) is 0 Å². The third-order valence-electron chi connectivity index (χ3n) is 4.12. The number of nitrogens with two attached hydrogens (primary N) is 2. The Morgan fingerprint density at radius 2 is 1.61 bits per heavy atom. The summed E-state index contributed by atoms with van der Waals surface area (Å²) in [4.78, 5) is 0. The van der Waals surface area contributed by atoms with Gasteiger partial charge in [0.2, 0.25) is 0 Å². The molecule has 2 heteroatoms. The van der Waals surface area contributed by atoms with Crippen LogP contribution in [-0.2, 0) is 0 Å². The fourth-order valence-corrected chi connectivity index (χ4v) is 3.08. The monoisotopic (exact) mass is 244 g/mol. The van der Waals surface area contributed by atoms with Gasteiger partial charge in [-0.05, 0) is 40.5 Å². The van der Waals surface area contributed by atoms with Gasteiger partial charge in [0.05, 0.1) is 0 Å². The molecule has 1 aliphatic carbocycles. The molecular weight excluding hydrogens is 220 g/mol. The molecule has 4 N–H and O–H groups in total. The molecule has 1 unspecified atom stereocenters. The van der Waals surface area contributed by atoms with E-state index >= 15 is 0 Å². The zero-order chi connectivity index (χ0) is 13.6. The number of benzene rings is 1. The lowest BCUT2D eigenvalue weighted by Crippen LogP contribution is -2.49. The van der Waals surface area contributed by atoms with Gasteiger partial charge in [-0.3, -0.25) is 0 Å². The minimum absolute atomic E-state index is 0.0263. The van der Waals surface area contributed by atoms with Gasteiger partial charge in [-0.15, -0.1) is 0 Å². The van der Waals surface area contributed by atoms with E-state index in [1.807, 2.05) is 12.1 Å². The zero-order valence-corrected chi connectivity index (χ0v) is 11.8. The van der Waals surface area contributed by atoms with Crippen LogP contribution in [0.15, 0.2) is 30.3 Å². The molecule has 1 aliphatic rings. The summed E-state index contributed by atoms with van der Waals surface area (Å²) < 4.78 is 0. The molecule has 0 amide bonds. The van der Waals surface area contributed by atoms with Crippen molar-refractivity contribution in [2.45, 2.75) is 40.2 Å². The Balaban J connectivity index is 2.43. The lowest BCUT2D eigenvalue weighted by atomic mass is 9.62. The van der Waals surface area contributed by atoms with E-state index in [-0.39, 0.29) is 16.9 Å². The van der Waals surface area contributed by atoms with Crippen molar-refractivity contribution >= 4 is 11.3 Å².